The standard InChI is InChI=1S/C18H17N5O5/c1-9-8-19-15-13(17(25)22(4)18(26)21(15)3)14(9)20-16(24)11-6-5-7-12(10(11)2)23(27)28/h5-8H,1-4H3,(H,19,20,24). The third-order valence-corrected chi connectivity index (χ3v) is 4.64. The fraction of sp³-hybridized carbons (Fsp3) is 0.222. The first kappa shape index (κ1) is 19.0. The van der Waals surface area contributed by atoms with Gasteiger partial charge in [0.1, 0.15) is 5.39 Å². The van der Waals surface area contributed by atoms with Crippen molar-refractivity contribution in [2.75, 3.05) is 5.32 Å². The zero-order valence-electron chi connectivity index (χ0n) is 15.6. The Kier molecular flexibility index (Phi) is 4.55. The lowest BCUT2D eigenvalue weighted by atomic mass is 10.1. The number of rotatable bonds is 3. The molecule has 2 aromatic heterocycles. The number of aryl methyl sites for hydroxylation is 2. The van der Waals surface area contributed by atoms with Crippen LogP contribution in [0.3, 0.4) is 0 Å². The molecule has 10 nitrogen and oxygen atoms in total. The number of pyridine rings is 1. The molecule has 0 bridgehead atoms. The highest BCUT2D eigenvalue weighted by molar-refractivity contribution is 6.10. The molecule has 3 aromatic rings. The molecular formula is C18H17N5O5. The van der Waals surface area contributed by atoms with E-state index >= 15 is 0 Å². The van der Waals surface area contributed by atoms with Crippen LogP contribution in [0.5, 0.6) is 0 Å². The zero-order valence-corrected chi connectivity index (χ0v) is 15.6. The molecule has 2 heterocycles. The van der Waals surface area contributed by atoms with Crippen molar-refractivity contribution in [1.29, 1.82) is 0 Å². The molecule has 3 rings (SSSR count). The van der Waals surface area contributed by atoms with Crippen LogP contribution in [-0.4, -0.2) is 24.9 Å². The Labute approximate surface area is 158 Å². The van der Waals surface area contributed by atoms with Crippen molar-refractivity contribution in [3.8, 4) is 0 Å². The van der Waals surface area contributed by atoms with E-state index in [1.165, 1.54) is 50.0 Å². The molecule has 10 heteroatoms. The lowest BCUT2D eigenvalue weighted by molar-refractivity contribution is -0.385. The van der Waals surface area contributed by atoms with Gasteiger partial charge in [-0.15, -0.1) is 0 Å². The Hall–Kier alpha value is -3.82. The van der Waals surface area contributed by atoms with Gasteiger partial charge in [0, 0.05) is 37.5 Å². The number of nitrogens with zero attached hydrogens (tertiary/aromatic N) is 4. The first-order valence-electron chi connectivity index (χ1n) is 8.25. The maximum Gasteiger partial charge on any atom is 0.332 e. The fourth-order valence-electron chi connectivity index (χ4n) is 3.03. The minimum absolute atomic E-state index is 0.0843. The van der Waals surface area contributed by atoms with Crippen LogP contribution in [0.2, 0.25) is 0 Å². The van der Waals surface area contributed by atoms with Crippen LogP contribution in [0.25, 0.3) is 11.0 Å². The third-order valence-electron chi connectivity index (χ3n) is 4.64. The summed E-state index contributed by atoms with van der Waals surface area (Å²) >= 11 is 0. The first-order chi connectivity index (χ1) is 13.1. The minimum Gasteiger partial charge on any atom is -0.321 e. The normalized spacial score (nSPS) is 10.9. The van der Waals surface area contributed by atoms with Gasteiger partial charge in [0.2, 0.25) is 0 Å². The van der Waals surface area contributed by atoms with Gasteiger partial charge in [0.05, 0.1) is 10.6 Å². The summed E-state index contributed by atoms with van der Waals surface area (Å²) in [5.74, 6) is -0.604. The molecule has 0 aliphatic carbocycles. The number of hydrogen-bond donors (Lipinski definition) is 1. The van der Waals surface area contributed by atoms with Crippen molar-refractivity contribution in [3.05, 3.63) is 72.0 Å². The molecule has 144 valence electrons. The molecule has 0 unspecified atom stereocenters. The van der Waals surface area contributed by atoms with Crippen LogP contribution >= 0.6 is 0 Å². The molecule has 0 spiro atoms. The van der Waals surface area contributed by atoms with Gasteiger partial charge in [-0.1, -0.05) is 6.07 Å². The number of nitro benzene ring substituents is 1. The van der Waals surface area contributed by atoms with Gasteiger partial charge in [-0.3, -0.25) is 28.8 Å². The molecular weight excluding hydrogens is 366 g/mol. The second-order valence-electron chi connectivity index (χ2n) is 6.38. The smallest absolute Gasteiger partial charge is 0.321 e. The highest BCUT2D eigenvalue weighted by atomic mass is 16.6. The molecule has 0 atom stereocenters. The lowest BCUT2D eigenvalue weighted by Crippen LogP contribution is -2.37. The molecule has 0 aliphatic rings. The predicted octanol–water partition coefficient (Wildman–Crippen LogP) is 1.41. The number of carbonyl (C=O) groups is 1. The van der Waals surface area contributed by atoms with Crippen LogP contribution in [-0.2, 0) is 14.1 Å². The van der Waals surface area contributed by atoms with Gasteiger partial charge in [-0.2, -0.15) is 0 Å². The van der Waals surface area contributed by atoms with E-state index in [0.717, 1.165) is 4.57 Å². The van der Waals surface area contributed by atoms with Gasteiger partial charge in [0.15, 0.2) is 5.65 Å². The summed E-state index contributed by atoms with van der Waals surface area (Å²) in [6.45, 7) is 3.14. The van der Waals surface area contributed by atoms with Crippen LogP contribution < -0.4 is 16.6 Å². The molecule has 0 fully saturated rings. The SMILES string of the molecule is Cc1cnc2c(c1NC(=O)c1cccc([N+](=O)[O-])c1C)c(=O)n(C)c(=O)n2C. The van der Waals surface area contributed by atoms with E-state index in [1.54, 1.807) is 6.92 Å². The van der Waals surface area contributed by atoms with E-state index in [4.69, 9.17) is 0 Å². The third kappa shape index (κ3) is 2.84. The van der Waals surface area contributed by atoms with E-state index in [0.29, 0.717) is 5.56 Å². The number of amides is 1. The quantitative estimate of drug-likeness (QED) is 0.538. The van der Waals surface area contributed by atoms with Crippen molar-refractivity contribution in [2.24, 2.45) is 14.1 Å². The zero-order chi connectivity index (χ0) is 20.7. The van der Waals surface area contributed by atoms with E-state index < -0.39 is 22.1 Å². The Morgan fingerprint density at radius 3 is 2.50 bits per heavy atom. The van der Waals surface area contributed by atoms with Crippen LogP contribution in [0.4, 0.5) is 11.4 Å². The van der Waals surface area contributed by atoms with E-state index in [1.807, 2.05) is 0 Å². The van der Waals surface area contributed by atoms with Gasteiger partial charge in [-0.05, 0) is 25.5 Å². The van der Waals surface area contributed by atoms with E-state index in [9.17, 15) is 24.5 Å². The van der Waals surface area contributed by atoms with Gasteiger partial charge in [-0.25, -0.2) is 9.78 Å². The summed E-state index contributed by atoms with van der Waals surface area (Å²) < 4.78 is 2.14. The van der Waals surface area contributed by atoms with Gasteiger partial charge >= 0.3 is 5.69 Å². The maximum atomic E-state index is 12.8. The molecule has 0 saturated carbocycles. The first-order valence-corrected chi connectivity index (χ1v) is 8.25. The number of aromatic nitrogens is 3. The Morgan fingerprint density at radius 1 is 1.18 bits per heavy atom. The molecule has 1 N–H and O–H groups in total. The topological polar surface area (TPSA) is 129 Å². The molecule has 0 saturated heterocycles. The average Bonchev–Trinajstić information content (AvgIpc) is 2.65. The number of carbonyl (C=O) groups excluding carboxylic acids is 1. The largest absolute Gasteiger partial charge is 0.332 e. The summed E-state index contributed by atoms with van der Waals surface area (Å²) in [4.78, 5) is 52.3. The van der Waals surface area contributed by atoms with Crippen molar-refractivity contribution in [3.63, 3.8) is 0 Å². The lowest BCUT2D eigenvalue weighted by Gasteiger charge is -2.14. The molecule has 0 aliphatic heterocycles. The number of nitrogens with one attached hydrogen (secondary N) is 1. The molecule has 0 radical (unpaired) electrons. The summed E-state index contributed by atoms with van der Waals surface area (Å²) in [5.41, 5.74) is -0.147. The molecule has 1 aromatic carbocycles. The van der Waals surface area contributed by atoms with Gasteiger partial charge in [0.25, 0.3) is 17.2 Å². The summed E-state index contributed by atoms with van der Waals surface area (Å²) in [6.07, 6.45) is 1.44. The summed E-state index contributed by atoms with van der Waals surface area (Å²) in [7, 11) is 2.81. The Bertz CT molecular complexity index is 1270. The number of nitro groups is 1. The van der Waals surface area contributed by atoms with Crippen LogP contribution in [0, 0.1) is 24.0 Å². The monoisotopic (exact) mass is 383 g/mol. The molecule has 1 amide bonds. The van der Waals surface area contributed by atoms with Crippen LogP contribution in [0.15, 0.2) is 34.0 Å². The Balaban J connectivity index is 2.21. The minimum atomic E-state index is -0.604. The van der Waals surface area contributed by atoms with Gasteiger partial charge < -0.3 is 5.32 Å². The van der Waals surface area contributed by atoms with Crippen molar-refractivity contribution >= 4 is 28.3 Å². The van der Waals surface area contributed by atoms with E-state index in [2.05, 4.69) is 10.3 Å². The highest BCUT2D eigenvalue weighted by Gasteiger charge is 2.21. The fourth-order valence-corrected chi connectivity index (χ4v) is 3.03. The van der Waals surface area contributed by atoms with Crippen molar-refractivity contribution < 1.29 is 9.72 Å². The van der Waals surface area contributed by atoms with E-state index in [-0.39, 0.29) is 33.5 Å². The van der Waals surface area contributed by atoms with Crippen molar-refractivity contribution in [2.45, 2.75) is 13.8 Å². The number of hydrogen-bond acceptors (Lipinski definition) is 6. The highest BCUT2D eigenvalue weighted by Crippen LogP contribution is 2.25. The second kappa shape index (κ2) is 6.72. The molecule has 28 heavy (non-hydrogen) atoms. The number of fused-ring (bicyclic) bond motifs is 1. The predicted molar refractivity (Wildman–Crippen MR) is 103 cm³/mol. The Morgan fingerprint density at radius 2 is 1.86 bits per heavy atom. The van der Waals surface area contributed by atoms with Crippen molar-refractivity contribution in [1.82, 2.24) is 14.1 Å². The van der Waals surface area contributed by atoms with Crippen LogP contribution in [0.1, 0.15) is 21.5 Å². The number of anilines is 1. The average molecular weight is 383 g/mol. The summed E-state index contributed by atoms with van der Waals surface area (Å²) in [5, 5.41) is 13.9. The maximum absolute atomic E-state index is 12.8. The second-order valence-corrected chi connectivity index (χ2v) is 6.38. The summed E-state index contributed by atoms with van der Waals surface area (Å²) in [6, 6.07) is 4.19. The number of benzene rings is 1.